The number of nitriles is 1. The SMILES string of the molecule is CC1CCCCC1(CN)NS(=O)(=O)c1ccccc1C#N. The third-order valence-corrected chi connectivity index (χ3v) is 6.06. The van der Waals surface area contributed by atoms with Crippen LogP contribution < -0.4 is 10.5 Å². The Balaban J connectivity index is 2.38. The van der Waals surface area contributed by atoms with Gasteiger partial charge in [-0.15, -0.1) is 0 Å². The third-order valence-electron chi connectivity index (χ3n) is 4.45. The Hall–Kier alpha value is -1.42. The molecular formula is C15H21N3O2S. The van der Waals surface area contributed by atoms with Gasteiger partial charge in [-0.1, -0.05) is 31.9 Å². The number of nitrogens with one attached hydrogen (secondary N) is 1. The van der Waals surface area contributed by atoms with E-state index in [2.05, 4.69) is 4.72 Å². The minimum absolute atomic E-state index is 0.0260. The van der Waals surface area contributed by atoms with E-state index in [-0.39, 0.29) is 22.9 Å². The molecule has 0 spiro atoms. The van der Waals surface area contributed by atoms with Gasteiger partial charge in [0.15, 0.2) is 0 Å². The summed E-state index contributed by atoms with van der Waals surface area (Å²) in [5, 5.41) is 9.09. The molecular weight excluding hydrogens is 286 g/mol. The average Bonchev–Trinajstić information content (AvgIpc) is 2.49. The zero-order valence-corrected chi connectivity index (χ0v) is 13.0. The topological polar surface area (TPSA) is 96.0 Å². The second-order valence-corrected chi connectivity index (χ2v) is 7.37. The van der Waals surface area contributed by atoms with Gasteiger partial charge in [-0.3, -0.25) is 0 Å². The normalized spacial score (nSPS) is 26.2. The zero-order chi connectivity index (χ0) is 15.5. The van der Waals surface area contributed by atoms with Crippen LogP contribution in [0.1, 0.15) is 38.2 Å². The van der Waals surface area contributed by atoms with Crippen LogP contribution in [0.15, 0.2) is 29.2 Å². The average molecular weight is 307 g/mol. The molecule has 2 unspecified atom stereocenters. The van der Waals surface area contributed by atoms with Gasteiger partial charge in [-0.2, -0.15) is 5.26 Å². The fourth-order valence-corrected chi connectivity index (χ4v) is 4.72. The number of rotatable bonds is 4. The van der Waals surface area contributed by atoms with Crippen molar-refractivity contribution in [2.45, 2.75) is 43.0 Å². The summed E-state index contributed by atoms with van der Waals surface area (Å²) in [5.41, 5.74) is 5.43. The van der Waals surface area contributed by atoms with E-state index < -0.39 is 15.6 Å². The van der Waals surface area contributed by atoms with Crippen LogP contribution in [0.2, 0.25) is 0 Å². The van der Waals surface area contributed by atoms with Gasteiger partial charge in [-0.25, -0.2) is 13.1 Å². The molecule has 114 valence electrons. The quantitative estimate of drug-likeness (QED) is 0.885. The van der Waals surface area contributed by atoms with Gasteiger partial charge in [0.25, 0.3) is 0 Å². The molecule has 1 aliphatic rings. The molecule has 0 bridgehead atoms. The Morgan fingerprint density at radius 3 is 2.76 bits per heavy atom. The zero-order valence-electron chi connectivity index (χ0n) is 12.2. The lowest BCUT2D eigenvalue weighted by atomic mass is 9.74. The molecule has 1 aromatic rings. The van der Waals surface area contributed by atoms with Gasteiger partial charge in [0.05, 0.1) is 10.5 Å². The first kappa shape index (κ1) is 16.0. The van der Waals surface area contributed by atoms with Crippen molar-refractivity contribution < 1.29 is 8.42 Å². The first-order chi connectivity index (χ1) is 9.95. The number of sulfonamides is 1. The maximum atomic E-state index is 12.7. The van der Waals surface area contributed by atoms with Crippen molar-refractivity contribution >= 4 is 10.0 Å². The number of nitrogens with two attached hydrogens (primary N) is 1. The van der Waals surface area contributed by atoms with Gasteiger partial charge in [0, 0.05) is 12.1 Å². The molecule has 1 fully saturated rings. The molecule has 21 heavy (non-hydrogen) atoms. The number of hydrogen-bond donors (Lipinski definition) is 2. The van der Waals surface area contributed by atoms with Crippen LogP contribution in [0.5, 0.6) is 0 Å². The van der Waals surface area contributed by atoms with Crippen molar-refractivity contribution in [1.29, 1.82) is 5.26 Å². The molecule has 0 aromatic heterocycles. The molecule has 1 saturated carbocycles. The molecule has 3 N–H and O–H groups in total. The summed E-state index contributed by atoms with van der Waals surface area (Å²) in [4.78, 5) is 0.0260. The molecule has 2 atom stereocenters. The van der Waals surface area contributed by atoms with Crippen molar-refractivity contribution in [1.82, 2.24) is 4.72 Å². The van der Waals surface area contributed by atoms with E-state index in [9.17, 15) is 8.42 Å². The molecule has 0 saturated heterocycles. The summed E-state index contributed by atoms with van der Waals surface area (Å²) >= 11 is 0. The second kappa shape index (κ2) is 6.14. The van der Waals surface area contributed by atoms with E-state index in [4.69, 9.17) is 11.0 Å². The summed E-state index contributed by atoms with van der Waals surface area (Å²) in [6.07, 6.45) is 3.75. The van der Waals surface area contributed by atoms with Crippen molar-refractivity contribution in [2.24, 2.45) is 11.7 Å². The maximum absolute atomic E-state index is 12.7. The summed E-state index contributed by atoms with van der Waals surface area (Å²) < 4.78 is 28.1. The highest BCUT2D eigenvalue weighted by atomic mass is 32.2. The molecule has 5 nitrogen and oxygen atoms in total. The Morgan fingerprint density at radius 1 is 1.43 bits per heavy atom. The molecule has 6 heteroatoms. The van der Waals surface area contributed by atoms with Crippen LogP contribution in [0.3, 0.4) is 0 Å². The lowest BCUT2D eigenvalue weighted by molar-refractivity contribution is 0.191. The van der Waals surface area contributed by atoms with Crippen LogP contribution in [-0.4, -0.2) is 20.5 Å². The van der Waals surface area contributed by atoms with Crippen molar-refractivity contribution in [3.05, 3.63) is 29.8 Å². The second-order valence-electron chi connectivity index (χ2n) is 5.72. The van der Waals surface area contributed by atoms with Gasteiger partial charge < -0.3 is 5.73 Å². The maximum Gasteiger partial charge on any atom is 0.242 e. The van der Waals surface area contributed by atoms with Crippen LogP contribution in [0.4, 0.5) is 0 Å². The number of nitrogens with zero attached hydrogens (tertiary/aromatic N) is 1. The van der Waals surface area contributed by atoms with E-state index in [1.54, 1.807) is 12.1 Å². The predicted molar refractivity (Wildman–Crippen MR) is 80.9 cm³/mol. The van der Waals surface area contributed by atoms with Crippen molar-refractivity contribution in [2.75, 3.05) is 6.54 Å². The first-order valence-electron chi connectivity index (χ1n) is 7.18. The fourth-order valence-electron chi connectivity index (χ4n) is 3.03. The molecule has 0 aliphatic heterocycles. The fraction of sp³-hybridized carbons (Fsp3) is 0.533. The summed E-state index contributed by atoms with van der Waals surface area (Å²) in [6, 6.07) is 8.17. The summed E-state index contributed by atoms with van der Waals surface area (Å²) in [5.74, 6) is 0.181. The van der Waals surface area contributed by atoms with E-state index >= 15 is 0 Å². The van der Waals surface area contributed by atoms with Gasteiger partial charge in [-0.05, 0) is 30.9 Å². The first-order valence-corrected chi connectivity index (χ1v) is 8.67. The van der Waals surface area contributed by atoms with E-state index in [0.717, 1.165) is 25.7 Å². The van der Waals surface area contributed by atoms with E-state index in [1.165, 1.54) is 12.1 Å². The van der Waals surface area contributed by atoms with Crippen LogP contribution >= 0.6 is 0 Å². The third kappa shape index (κ3) is 3.10. The van der Waals surface area contributed by atoms with Crippen LogP contribution in [0.25, 0.3) is 0 Å². The van der Waals surface area contributed by atoms with Gasteiger partial charge in [0.2, 0.25) is 10.0 Å². The monoisotopic (exact) mass is 307 g/mol. The summed E-state index contributed by atoms with van der Waals surface area (Å²) in [7, 11) is -3.76. The molecule has 1 aliphatic carbocycles. The van der Waals surface area contributed by atoms with Gasteiger partial charge in [0.1, 0.15) is 6.07 Å². The number of benzene rings is 1. The molecule has 0 heterocycles. The number of hydrogen-bond acceptors (Lipinski definition) is 4. The van der Waals surface area contributed by atoms with E-state index in [1.807, 2.05) is 13.0 Å². The highest BCUT2D eigenvalue weighted by Crippen LogP contribution is 2.34. The highest BCUT2D eigenvalue weighted by molar-refractivity contribution is 7.89. The van der Waals surface area contributed by atoms with E-state index in [0.29, 0.717) is 0 Å². The Morgan fingerprint density at radius 2 is 2.14 bits per heavy atom. The highest BCUT2D eigenvalue weighted by Gasteiger charge is 2.40. The minimum Gasteiger partial charge on any atom is -0.329 e. The molecule has 0 radical (unpaired) electrons. The van der Waals surface area contributed by atoms with Crippen molar-refractivity contribution in [3.63, 3.8) is 0 Å². The lowest BCUT2D eigenvalue weighted by Crippen LogP contribution is -2.59. The largest absolute Gasteiger partial charge is 0.329 e. The smallest absolute Gasteiger partial charge is 0.242 e. The summed E-state index contributed by atoms with van der Waals surface area (Å²) in [6.45, 7) is 2.30. The molecule has 2 rings (SSSR count). The molecule has 0 amide bonds. The Bertz CT molecular complexity index is 651. The standard InChI is InChI=1S/C15H21N3O2S/c1-12-6-4-5-9-15(12,11-17)18-21(19,20)14-8-3-2-7-13(14)10-16/h2-3,7-8,12,18H,4-6,9,11,17H2,1H3. The molecule has 1 aromatic carbocycles. The van der Waals surface area contributed by atoms with Crippen LogP contribution in [-0.2, 0) is 10.0 Å². The predicted octanol–water partition coefficient (Wildman–Crippen LogP) is 1.74. The Labute approximate surface area is 126 Å². The van der Waals surface area contributed by atoms with Crippen molar-refractivity contribution in [3.8, 4) is 6.07 Å². The van der Waals surface area contributed by atoms with Crippen LogP contribution in [0, 0.1) is 17.2 Å². The van der Waals surface area contributed by atoms with Gasteiger partial charge >= 0.3 is 0 Å². The Kier molecular flexibility index (Phi) is 4.67. The minimum atomic E-state index is -3.76. The lowest BCUT2D eigenvalue weighted by Gasteiger charge is -2.42.